The number of hydrogen-bond acceptors (Lipinski definition) is 2. The molecular weight excluding hydrogens is 214 g/mol. The first-order chi connectivity index (χ1) is 7.66. The summed E-state index contributed by atoms with van der Waals surface area (Å²) < 4.78 is 27.6. The van der Waals surface area contributed by atoms with Gasteiger partial charge in [0.15, 0.2) is 0 Å². The van der Waals surface area contributed by atoms with Crippen LogP contribution in [0.2, 0.25) is 0 Å². The van der Waals surface area contributed by atoms with E-state index in [9.17, 15) is 13.9 Å². The van der Waals surface area contributed by atoms with Crippen molar-refractivity contribution in [3.8, 4) is 0 Å². The van der Waals surface area contributed by atoms with Gasteiger partial charge >= 0.3 is 0 Å². The number of hydrogen-bond donors (Lipinski definition) is 1. The third-order valence-corrected chi connectivity index (χ3v) is 2.26. The predicted octanol–water partition coefficient (Wildman–Crippen LogP) is 1.89. The zero-order valence-electron chi connectivity index (χ0n) is 8.35. The fraction of sp³-hybridized carbons (Fsp3) is 0.182. The van der Waals surface area contributed by atoms with Gasteiger partial charge in [0.05, 0.1) is 19.0 Å². The summed E-state index contributed by atoms with van der Waals surface area (Å²) in [5.74, 6) is -1.40. The smallest absolute Gasteiger partial charge is 0.131 e. The molecule has 2 aromatic rings. The summed E-state index contributed by atoms with van der Waals surface area (Å²) in [6.07, 6.45) is 3.72. The second-order valence-corrected chi connectivity index (χ2v) is 3.44. The van der Waals surface area contributed by atoms with Crippen LogP contribution >= 0.6 is 0 Å². The van der Waals surface area contributed by atoms with E-state index < -0.39 is 17.7 Å². The highest BCUT2D eigenvalue weighted by atomic mass is 19.1. The maximum absolute atomic E-state index is 13.3. The summed E-state index contributed by atoms with van der Waals surface area (Å²) >= 11 is 0. The van der Waals surface area contributed by atoms with Gasteiger partial charge in [0.25, 0.3) is 0 Å². The van der Waals surface area contributed by atoms with Crippen molar-refractivity contribution in [1.29, 1.82) is 0 Å². The molecule has 2 rings (SSSR count). The monoisotopic (exact) mass is 224 g/mol. The van der Waals surface area contributed by atoms with Crippen LogP contribution in [0, 0.1) is 11.6 Å². The maximum atomic E-state index is 13.3. The van der Waals surface area contributed by atoms with Gasteiger partial charge in [-0.1, -0.05) is 6.07 Å². The van der Waals surface area contributed by atoms with E-state index in [4.69, 9.17) is 0 Å². The standard InChI is InChI=1S/C11H10F2N2O/c12-8-1-2-9(10(13)5-8)11(16)6-15-4-3-14-7-15/h1-5,7,11,16H,6H2. The Labute approximate surface area is 91.0 Å². The molecule has 0 aliphatic heterocycles. The average molecular weight is 224 g/mol. The SMILES string of the molecule is OC(Cn1ccnc1)c1ccc(F)cc1F. The first-order valence-electron chi connectivity index (χ1n) is 4.75. The third kappa shape index (κ3) is 2.25. The number of aromatic nitrogens is 2. The van der Waals surface area contributed by atoms with E-state index in [1.165, 1.54) is 12.4 Å². The molecule has 0 saturated carbocycles. The van der Waals surface area contributed by atoms with Gasteiger partial charge in [0.2, 0.25) is 0 Å². The van der Waals surface area contributed by atoms with Crippen molar-refractivity contribution in [2.75, 3.05) is 0 Å². The van der Waals surface area contributed by atoms with Crippen molar-refractivity contribution >= 4 is 0 Å². The van der Waals surface area contributed by atoms with Crippen LogP contribution < -0.4 is 0 Å². The van der Waals surface area contributed by atoms with Crippen LogP contribution in [0.5, 0.6) is 0 Å². The van der Waals surface area contributed by atoms with Gasteiger partial charge in [-0.3, -0.25) is 0 Å². The van der Waals surface area contributed by atoms with E-state index in [-0.39, 0.29) is 12.1 Å². The van der Waals surface area contributed by atoms with Crippen LogP contribution in [-0.4, -0.2) is 14.7 Å². The van der Waals surface area contributed by atoms with E-state index in [1.54, 1.807) is 17.0 Å². The van der Waals surface area contributed by atoms with Crippen molar-refractivity contribution < 1.29 is 13.9 Å². The first-order valence-corrected chi connectivity index (χ1v) is 4.75. The van der Waals surface area contributed by atoms with E-state index in [0.29, 0.717) is 0 Å². The number of rotatable bonds is 3. The first kappa shape index (κ1) is 10.8. The van der Waals surface area contributed by atoms with Crippen LogP contribution in [0.3, 0.4) is 0 Å². The van der Waals surface area contributed by atoms with Crippen LogP contribution in [0.4, 0.5) is 8.78 Å². The molecule has 0 radical (unpaired) electrons. The fourth-order valence-electron chi connectivity index (χ4n) is 1.46. The molecule has 1 aromatic carbocycles. The van der Waals surface area contributed by atoms with Gasteiger partial charge in [0.1, 0.15) is 11.6 Å². The number of benzene rings is 1. The van der Waals surface area contributed by atoms with Crippen LogP contribution in [0.25, 0.3) is 0 Å². The Bertz CT molecular complexity index is 471. The lowest BCUT2D eigenvalue weighted by molar-refractivity contribution is 0.152. The summed E-state index contributed by atoms with van der Waals surface area (Å²) in [7, 11) is 0. The largest absolute Gasteiger partial charge is 0.386 e. The molecule has 0 fully saturated rings. The number of nitrogens with zero attached hydrogens (tertiary/aromatic N) is 2. The fourth-order valence-corrected chi connectivity index (χ4v) is 1.46. The number of aliphatic hydroxyl groups excluding tert-OH is 1. The van der Waals surface area contributed by atoms with E-state index in [2.05, 4.69) is 4.98 Å². The van der Waals surface area contributed by atoms with Crippen molar-refractivity contribution in [2.45, 2.75) is 12.6 Å². The van der Waals surface area contributed by atoms with Crippen LogP contribution in [-0.2, 0) is 6.54 Å². The molecule has 3 nitrogen and oxygen atoms in total. The molecule has 84 valence electrons. The van der Waals surface area contributed by atoms with Gasteiger partial charge in [-0.15, -0.1) is 0 Å². The Morgan fingerprint density at radius 3 is 2.81 bits per heavy atom. The lowest BCUT2D eigenvalue weighted by Crippen LogP contribution is -2.09. The second-order valence-electron chi connectivity index (χ2n) is 3.44. The lowest BCUT2D eigenvalue weighted by Gasteiger charge is -2.12. The molecule has 0 bridgehead atoms. The third-order valence-electron chi connectivity index (χ3n) is 2.26. The van der Waals surface area contributed by atoms with Gasteiger partial charge in [0, 0.05) is 24.0 Å². The normalized spacial score (nSPS) is 12.7. The van der Waals surface area contributed by atoms with Gasteiger partial charge in [-0.05, 0) is 6.07 Å². The van der Waals surface area contributed by atoms with Crippen molar-refractivity contribution in [2.24, 2.45) is 0 Å². The lowest BCUT2D eigenvalue weighted by atomic mass is 10.1. The number of imidazole rings is 1. The molecule has 16 heavy (non-hydrogen) atoms. The van der Waals surface area contributed by atoms with E-state index in [1.807, 2.05) is 0 Å². The second kappa shape index (κ2) is 4.40. The Morgan fingerprint density at radius 2 is 2.19 bits per heavy atom. The van der Waals surface area contributed by atoms with Gasteiger partial charge < -0.3 is 9.67 Å². The molecule has 5 heteroatoms. The maximum Gasteiger partial charge on any atom is 0.131 e. The Balaban J connectivity index is 2.17. The highest BCUT2D eigenvalue weighted by molar-refractivity contribution is 5.20. The van der Waals surface area contributed by atoms with Crippen molar-refractivity contribution in [1.82, 2.24) is 9.55 Å². The minimum atomic E-state index is -1.02. The molecule has 1 aromatic heterocycles. The van der Waals surface area contributed by atoms with Crippen LogP contribution in [0.1, 0.15) is 11.7 Å². The van der Waals surface area contributed by atoms with Crippen molar-refractivity contribution in [3.05, 3.63) is 54.1 Å². The molecule has 0 amide bonds. The zero-order valence-corrected chi connectivity index (χ0v) is 8.35. The van der Waals surface area contributed by atoms with E-state index >= 15 is 0 Å². The molecule has 0 saturated heterocycles. The van der Waals surface area contributed by atoms with Crippen LogP contribution in [0.15, 0.2) is 36.9 Å². The Hall–Kier alpha value is -1.75. The summed E-state index contributed by atoms with van der Waals surface area (Å²) in [4.78, 5) is 3.80. The molecule has 0 spiro atoms. The number of aliphatic hydroxyl groups is 1. The summed E-state index contributed by atoms with van der Waals surface area (Å²) in [5.41, 5.74) is 0.0788. The molecule has 1 heterocycles. The van der Waals surface area contributed by atoms with Gasteiger partial charge in [-0.25, -0.2) is 13.8 Å². The quantitative estimate of drug-likeness (QED) is 0.864. The molecule has 0 aliphatic carbocycles. The minimum absolute atomic E-state index is 0.0788. The molecule has 1 atom stereocenters. The highest BCUT2D eigenvalue weighted by Crippen LogP contribution is 2.19. The summed E-state index contributed by atoms with van der Waals surface area (Å²) in [5, 5.41) is 9.75. The minimum Gasteiger partial charge on any atom is -0.386 e. The van der Waals surface area contributed by atoms with Crippen molar-refractivity contribution in [3.63, 3.8) is 0 Å². The highest BCUT2D eigenvalue weighted by Gasteiger charge is 2.13. The molecule has 1 unspecified atom stereocenters. The topological polar surface area (TPSA) is 38.0 Å². The average Bonchev–Trinajstić information content (AvgIpc) is 2.70. The Kier molecular flexibility index (Phi) is 2.96. The van der Waals surface area contributed by atoms with Gasteiger partial charge in [-0.2, -0.15) is 0 Å². The summed E-state index contributed by atoms with van der Waals surface area (Å²) in [6, 6.07) is 3.12. The number of halogens is 2. The molecule has 0 aliphatic rings. The molecule has 1 N–H and O–H groups in total. The Morgan fingerprint density at radius 1 is 1.38 bits per heavy atom. The molecular formula is C11H10F2N2O. The summed E-state index contributed by atoms with van der Waals surface area (Å²) in [6.45, 7) is 0.183. The zero-order chi connectivity index (χ0) is 11.5. The predicted molar refractivity (Wildman–Crippen MR) is 53.5 cm³/mol. The van der Waals surface area contributed by atoms with E-state index in [0.717, 1.165) is 12.1 Å².